The number of hydrogen-bond donors (Lipinski definition) is 1. The van der Waals surface area contributed by atoms with E-state index < -0.39 is 0 Å². The van der Waals surface area contributed by atoms with Gasteiger partial charge in [-0.1, -0.05) is 12.1 Å². The van der Waals surface area contributed by atoms with Gasteiger partial charge in [-0.05, 0) is 36.9 Å². The topological polar surface area (TPSA) is 35.6 Å². The second-order valence-corrected chi connectivity index (χ2v) is 6.07. The summed E-state index contributed by atoms with van der Waals surface area (Å²) in [6, 6.07) is 7.00. The van der Waals surface area contributed by atoms with Crippen molar-refractivity contribution in [2.24, 2.45) is 11.8 Å². The number of para-hydroxylation sites is 1. The van der Waals surface area contributed by atoms with E-state index in [9.17, 15) is 9.18 Å². The Morgan fingerprint density at radius 1 is 1.29 bits per heavy atom. The van der Waals surface area contributed by atoms with Crippen molar-refractivity contribution in [2.45, 2.75) is 6.42 Å². The fourth-order valence-electron chi connectivity index (χ4n) is 3.57. The van der Waals surface area contributed by atoms with Crippen LogP contribution in [0.1, 0.15) is 6.42 Å². The van der Waals surface area contributed by atoms with Gasteiger partial charge in [0.25, 0.3) is 0 Å². The van der Waals surface area contributed by atoms with Crippen molar-refractivity contribution in [3.8, 4) is 0 Å². The van der Waals surface area contributed by atoms with E-state index >= 15 is 0 Å². The number of likely N-dealkylation sites (N-methyl/N-ethyl adjacent to an activating group) is 1. The standard InChI is InChI=1S/C16H22FN3O/c1-18-16(21)11-19-7-6-12-9-20(10-13(12)8-19)15-5-3-2-4-14(15)17/h2-5,12-13H,6-11H2,1H3,(H,18,21)/t12-,13+/m1/s1. The number of piperidine rings is 1. The Morgan fingerprint density at radius 2 is 2.05 bits per heavy atom. The smallest absolute Gasteiger partial charge is 0.233 e. The molecule has 114 valence electrons. The van der Waals surface area contributed by atoms with E-state index in [-0.39, 0.29) is 11.7 Å². The van der Waals surface area contributed by atoms with Gasteiger partial charge in [0.15, 0.2) is 0 Å². The fourth-order valence-corrected chi connectivity index (χ4v) is 3.57. The van der Waals surface area contributed by atoms with E-state index in [4.69, 9.17) is 0 Å². The molecule has 0 aliphatic carbocycles. The second kappa shape index (κ2) is 6.02. The van der Waals surface area contributed by atoms with Crippen molar-refractivity contribution in [1.29, 1.82) is 0 Å². The lowest BCUT2D eigenvalue weighted by Gasteiger charge is -2.33. The summed E-state index contributed by atoms with van der Waals surface area (Å²) in [6.45, 7) is 4.18. The van der Waals surface area contributed by atoms with Crippen LogP contribution in [0.15, 0.2) is 24.3 Å². The predicted molar refractivity (Wildman–Crippen MR) is 80.7 cm³/mol. The van der Waals surface area contributed by atoms with Crippen LogP contribution in [-0.4, -0.2) is 50.6 Å². The summed E-state index contributed by atoms with van der Waals surface area (Å²) in [5.74, 6) is 1.07. The van der Waals surface area contributed by atoms with Crippen molar-refractivity contribution < 1.29 is 9.18 Å². The van der Waals surface area contributed by atoms with Crippen LogP contribution in [0, 0.1) is 17.7 Å². The Balaban J connectivity index is 1.64. The van der Waals surface area contributed by atoms with E-state index in [1.54, 1.807) is 13.1 Å². The zero-order valence-electron chi connectivity index (χ0n) is 12.4. The lowest BCUT2D eigenvalue weighted by molar-refractivity contribution is -0.122. The molecule has 21 heavy (non-hydrogen) atoms. The molecule has 2 fully saturated rings. The minimum Gasteiger partial charge on any atom is -0.369 e. The molecule has 1 N–H and O–H groups in total. The molecule has 0 bridgehead atoms. The van der Waals surface area contributed by atoms with Crippen molar-refractivity contribution in [3.05, 3.63) is 30.1 Å². The first-order chi connectivity index (χ1) is 10.2. The number of hydrogen-bond acceptors (Lipinski definition) is 3. The Kier molecular flexibility index (Phi) is 4.10. The lowest BCUT2D eigenvalue weighted by atomic mass is 9.89. The maximum atomic E-state index is 13.9. The molecule has 0 aromatic heterocycles. The first-order valence-electron chi connectivity index (χ1n) is 7.60. The first-order valence-corrected chi connectivity index (χ1v) is 7.60. The number of anilines is 1. The number of carbonyl (C=O) groups excluding carboxylic acids is 1. The SMILES string of the molecule is CNC(=O)CN1CC[C@@H]2CN(c3ccccc3F)C[C@@H]2C1. The highest BCUT2D eigenvalue weighted by molar-refractivity contribution is 5.77. The minimum atomic E-state index is -0.140. The summed E-state index contributed by atoms with van der Waals surface area (Å²) in [5.41, 5.74) is 0.713. The van der Waals surface area contributed by atoms with Crippen LogP contribution in [-0.2, 0) is 4.79 Å². The van der Waals surface area contributed by atoms with Gasteiger partial charge in [-0.3, -0.25) is 9.69 Å². The molecule has 3 rings (SSSR count). The molecular weight excluding hydrogens is 269 g/mol. The van der Waals surface area contributed by atoms with Crippen molar-refractivity contribution in [2.75, 3.05) is 44.7 Å². The van der Waals surface area contributed by atoms with Gasteiger partial charge in [-0.15, -0.1) is 0 Å². The third kappa shape index (κ3) is 3.02. The van der Waals surface area contributed by atoms with Crippen LogP contribution in [0.4, 0.5) is 10.1 Å². The van der Waals surface area contributed by atoms with Crippen LogP contribution in [0.2, 0.25) is 0 Å². The molecule has 1 aromatic carbocycles. The zero-order chi connectivity index (χ0) is 14.8. The van der Waals surface area contributed by atoms with E-state index in [1.807, 2.05) is 12.1 Å². The van der Waals surface area contributed by atoms with Crippen LogP contribution in [0.3, 0.4) is 0 Å². The van der Waals surface area contributed by atoms with Gasteiger partial charge < -0.3 is 10.2 Å². The molecule has 0 spiro atoms. The summed E-state index contributed by atoms with van der Waals surface area (Å²) in [4.78, 5) is 15.9. The van der Waals surface area contributed by atoms with Gasteiger partial charge in [0.1, 0.15) is 5.82 Å². The number of carbonyl (C=O) groups is 1. The molecule has 0 radical (unpaired) electrons. The third-order valence-electron chi connectivity index (χ3n) is 4.72. The van der Waals surface area contributed by atoms with Crippen LogP contribution in [0.25, 0.3) is 0 Å². The number of halogens is 1. The van der Waals surface area contributed by atoms with Crippen LogP contribution < -0.4 is 10.2 Å². The van der Waals surface area contributed by atoms with Gasteiger partial charge in [0.2, 0.25) is 5.91 Å². The molecule has 1 amide bonds. The van der Waals surface area contributed by atoms with Crippen molar-refractivity contribution in [1.82, 2.24) is 10.2 Å². The van der Waals surface area contributed by atoms with E-state index in [2.05, 4.69) is 15.1 Å². The van der Waals surface area contributed by atoms with Crippen molar-refractivity contribution in [3.63, 3.8) is 0 Å². The molecule has 2 heterocycles. The molecule has 2 saturated heterocycles. The minimum absolute atomic E-state index is 0.0670. The van der Waals surface area contributed by atoms with Crippen LogP contribution in [0.5, 0.6) is 0 Å². The van der Waals surface area contributed by atoms with Gasteiger partial charge in [0.05, 0.1) is 12.2 Å². The number of rotatable bonds is 3. The molecule has 2 aliphatic heterocycles. The number of likely N-dealkylation sites (tertiary alicyclic amines) is 1. The van der Waals surface area contributed by atoms with Gasteiger partial charge in [-0.25, -0.2) is 4.39 Å². The first kappa shape index (κ1) is 14.3. The van der Waals surface area contributed by atoms with E-state index in [0.717, 1.165) is 32.6 Å². The van der Waals surface area contributed by atoms with E-state index in [0.29, 0.717) is 24.1 Å². The third-order valence-corrected chi connectivity index (χ3v) is 4.72. The summed E-state index contributed by atoms with van der Waals surface area (Å²) in [6.07, 6.45) is 1.09. The quantitative estimate of drug-likeness (QED) is 0.912. The molecule has 0 unspecified atom stereocenters. The molecule has 4 nitrogen and oxygen atoms in total. The predicted octanol–water partition coefficient (Wildman–Crippen LogP) is 1.33. The Bertz CT molecular complexity index is 522. The second-order valence-electron chi connectivity index (χ2n) is 6.07. The summed E-state index contributed by atoms with van der Waals surface area (Å²) >= 11 is 0. The molecular formula is C16H22FN3O. The van der Waals surface area contributed by atoms with Gasteiger partial charge >= 0.3 is 0 Å². The molecule has 2 atom stereocenters. The molecule has 0 saturated carbocycles. The lowest BCUT2D eigenvalue weighted by Crippen LogP contribution is -2.44. The maximum Gasteiger partial charge on any atom is 0.233 e. The highest BCUT2D eigenvalue weighted by Gasteiger charge is 2.37. The highest BCUT2D eigenvalue weighted by atomic mass is 19.1. The maximum absolute atomic E-state index is 13.9. The molecule has 5 heteroatoms. The fraction of sp³-hybridized carbons (Fsp3) is 0.562. The Labute approximate surface area is 124 Å². The number of benzene rings is 1. The number of nitrogens with zero attached hydrogens (tertiary/aromatic N) is 2. The highest BCUT2D eigenvalue weighted by Crippen LogP contribution is 2.34. The van der Waals surface area contributed by atoms with Crippen LogP contribution >= 0.6 is 0 Å². The largest absolute Gasteiger partial charge is 0.369 e. The summed E-state index contributed by atoms with van der Waals surface area (Å²) in [7, 11) is 1.67. The average Bonchev–Trinajstić information content (AvgIpc) is 2.90. The van der Waals surface area contributed by atoms with E-state index in [1.165, 1.54) is 6.07 Å². The van der Waals surface area contributed by atoms with Gasteiger partial charge in [0, 0.05) is 26.7 Å². The van der Waals surface area contributed by atoms with Gasteiger partial charge in [-0.2, -0.15) is 0 Å². The average molecular weight is 291 g/mol. The number of fused-ring (bicyclic) bond motifs is 1. The summed E-state index contributed by atoms with van der Waals surface area (Å²) in [5, 5.41) is 2.67. The zero-order valence-corrected chi connectivity index (χ0v) is 12.4. The number of amides is 1. The monoisotopic (exact) mass is 291 g/mol. The molecule has 2 aliphatic rings. The molecule has 1 aromatic rings. The Hall–Kier alpha value is -1.62. The number of nitrogens with one attached hydrogen (secondary N) is 1. The normalized spacial score (nSPS) is 25.7. The summed E-state index contributed by atoms with van der Waals surface area (Å²) < 4.78 is 13.9. The Morgan fingerprint density at radius 3 is 2.81 bits per heavy atom. The van der Waals surface area contributed by atoms with Crippen molar-refractivity contribution >= 4 is 11.6 Å².